The summed E-state index contributed by atoms with van der Waals surface area (Å²) in [4.78, 5) is 12.9. The first-order valence-electron chi connectivity index (χ1n) is 9.66. The lowest BCUT2D eigenvalue weighted by atomic mass is 9.95. The molecule has 0 heterocycles. The van der Waals surface area contributed by atoms with Gasteiger partial charge in [0, 0.05) is 16.1 Å². The van der Waals surface area contributed by atoms with Gasteiger partial charge in [-0.25, -0.2) is 8.42 Å². The fourth-order valence-electron chi connectivity index (χ4n) is 4.52. The van der Waals surface area contributed by atoms with E-state index >= 15 is 0 Å². The Labute approximate surface area is 181 Å². The SMILES string of the molecule is O=C(CN(c1cc(Cl)cc(Cl)c1)S(=O)(=O)c1ccccc1)NC1CC2CCC1C2. The molecule has 3 atom stereocenters. The predicted molar refractivity (Wildman–Crippen MR) is 115 cm³/mol. The maximum absolute atomic E-state index is 13.3. The molecule has 2 fully saturated rings. The van der Waals surface area contributed by atoms with E-state index in [0.29, 0.717) is 21.9 Å². The number of carbonyl (C=O) groups excluding carboxylic acids is 1. The third-order valence-electron chi connectivity index (χ3n) is 5.84. The van der Waals surface area contributed by atoms with Crippen molar-refractivity contribution in [2.45, 2.75) is 36.6 Å². The maximum Gasteiger partial charge on any atom is 0.264 e. The second kappa shape index (κ2) is 8.17. The zero-order valence-corrected chi connectivity index (χ0v) is 18.1. The van der Waals surface area contributed by atoms with Crippen molar-refractivity contribution in [1.29, 1.82) is 0 Å². The highest BCUT2D eigenvalue weighted by atomic mass is 35.5. The van der Waals surface area contributed by atoms with Crippen LogP contribution in [0.4, 0.5) is 5.69 Å². The fourth-order valence-corrected chi connectivity index (χ4v) is 6.46. The largest absolute Gasteiger partial charge is 0.352 e. The van der Waals surface area contributed by atoms with Crippen molar-refractivity contribution in [1.82, 2.24) is 5.32 Å². The maximum atomic E-state index is 13.3. The molecule has 3 unspecified atom stereocenters. The molecule has 8 heteroatoms. The van der Waals surface area contributed by atoms with Crippen LogP contribution in [-0.4, -0.2) is 26.9 Å². The van der Waals surface area contributed by atoms with Crippen LogP contribution in [0.15, 0.2) is 53.4 Å². The van der Waals surface area contributed by atoms with Gasteiger partial charge in [0.1, 0.15) is 6.54 Å². The molecule has 0 aromatic heterocycles. The minimum absolute atomic E-state index is 0.101. The summed E-state index contributed by atoms with van der Waals surface area (Å²) >= 11 is 12.2. The monoisotopic (exact) mass is 452 g/mol. The average Bonchev–Trinajstić information content (AvgIpc) is 3.29. The number of anilines is 1. The molecule has 5 nitrogen and oxygen atoms in total. The molecular formula is C21H22Cl2N2O3S. The molecule has 2 aromatic rings. The first kappa shape index (κ1) is 20.5. The number of nitrogens with zero attached hydrogens (tertiary/aromatic N) is 1. The normalized spacial score (nSPS) is 23.2. The van der Waals surface area contributed by atoms with Gasteiger partial charge in [0.25, 0.3) is 10.0 Å². The second-order valence-corrected chi connectivity index (χ2v) is 10.5. The Bertz CT molecular complexity index is 994. The van der Waals surface area contributed by atoms with Gasteiger partial charge in [-0.15, -0.1) is 0 Å². The Balaban J connectivity index is 1.62. The summed E-state index contributed by atoms with van der Waals surface area (Å²) in [5, 5.41) is 3.65. The number of nitrogens with one attached hydrogen (secondary N) is 1. The van der Waals surface area contributed by atoms with Crippen LogP contribution in [0, 0.1) is 11.8 Å². The van der Waals surface area contributed by atoms with Gasteiger partial charge >= 0.3 is 0 Å². The molecule has 0 radical (unpaired) electrons. The second-order valence-electron chi connectivity index (χ2n) is 7.80. The molecule has 1 amide bonds. The zero-order chi connectivity index (χ0) is 20.6. The molecule has 2 saturated carbocycles. The predicted octanol–water partition coefficient (Wildman–Crippen LogP) is 4.49. The van der Waals surface area contributed by atoms with Crippen molar-refractivity contribution < 1.29 is 13.2 Å². The van der Waals surface area contributed by atoms with Gasteiger partial charge < -0.3 is 5.32 Å². The number of fused-ring (bicyclic) bond motifs is 2. The standard InChI is InChI=1S/C21H22Cl2N2O3S/c22-16-10-17(23)12-18(11-16)25(29(27,28)19-4-2-1-3-5-19)13-21(26)24-20-9-14-6-7-15(20)8-14/h1-5,10-12,14-15,20H,6-9,13H2,(H,24,26). The van der Waals surface area contributed by atoms with E-state index in [4.69, 9.17) is 23.2 Å². The van der Waals surface area contributed by atoms with Crippen molar-refractivity contribution in [3.05, 3.63) is 58.6 Å². The summed E-state index contributed by atoms with van der Waals surface area (Å²) in [6, 6.07) is 12.7. The Kier molecular flexibility index (Phi) is 5.78. The van der Waals surface area contributed by atoms with Crippen molar-refractivity contribution >= 4 is 44.8 Å². The molecule has 2 aliphatic rings. The first-order chi connectivity index (χ1) is 13.8. The van der Waals surface area contributed by atoms with Crippen LogP contribution in [0.1, 0.15) is 25.7 Å². The molecular weight excluding hydrogens is 431 g/mol. The molecule has 2 aromatic carbocycles. The smallest absolute Gasteiger partial charge is 0.264 e. The van der Waals surface area contributed by atoms with E-state index < -0.39 is 10.0 Å². The van der Waals surface area contributed by atoms with Crippen LogP contribution in [0.2, 0.25) is 10.0 Å². The van der Waals surface area contributed by atoms with Gasteiger partial charge in [0.05, 0.1) is 10.6 Å². The molecule has 0 saturated heterocycles. The Morgan fingerprint density at radius 2 is 1.72 bits per heavy atom. The number of sulfonamides is 1. The Hall–Kier alpha value is -1.76. The number of amides is 1. The lowest BCUT2D eigenvalue weighted by molar-refractivity contribution is -0.120. The minimum Gasteiger partial charge on any atom is -0.352 e. The van der Waals surface area contributed by atoms with Crippen molar-refractivity contribution in [3.8, 4) is 0 Å². The van der Waals surface area contributed by atoms with Gasteiger partial charge in [0.15, 0.2) is 0 Å². The number of hydrogen-bond acceptors (Lipinski definition) is 3. The number of rotatable bonds is 6. The van der Waals surface area contributed by atoms with Gasteiger partial charge in [-0.3, -0.25) is 9.10 Å². The number of halogens is 2. The van der Waals surface area contributed by atoms with Crippen molar-refractivity contribution in [3.63, 3.8) is 0 Å². The van der Waals surface area contributed by atoms with Crippen LogP contribution in [0.3, 0.4) is 0 Å². The average molecular weight is 453 g/mol. The van der Waals surface area contributed by atoms with Crippen LogP contribution >= 0.6 is 23.2 Å². The van der Waals surface area contributed by atoms with Crippen LogP contribution in [0.25, 0.3) is 0 Å². The van der Waals surface area contributed by atoms with Crippen LogP contribution in [0.5, 0.6) is 0 Å². The van der Waals surface area contributed by atoms with E-state index in [-0.39, 0.29) is 29.1 Å². The number of hydrogen-bond donors (Lipinski definition) is 1. The molecule has 2 aliphatic carbocycles. The van der Waals surface area contributed by atoms with Crippen LogP contribution in [-0.2, 0) is 14.8 Å². The summed E-state index contributed by atoms with van der Waals surface area (Å²) < 4.78 is 27.7. The highest BCUT2D eigenvalue weighted by Crippen LogP contribution is 2.44. The topological polar surface area (TPSA) is 66.5 Å². The number of carbonyl (C=O) groups is 1. The summed E-state index contributed by atoms with van der Waals surface area (Å²) in [7, 11) is -3.97. The Morgan fingerprint density at radius 3 is 2.31 bits per heavy atom. The fraction of sp³-hybridized carbons (Fsp3) is 0.381. The molecule has 0 spiro atoms. The van der Waals surface area contributed by atoms with E-state index in [1.165, 1.54) is 36.8 Å². The van der Waals surface area contributed by atoms with Gasteiger partial charge in [-0.2, -0.15) is 0 Å². The van der Waals surface area contributed by atoms with Crippen molar-refractivity contribution in [2.75, 3.05) is 10.8 Å². The van der Waals surface area contributed by atoms with E-state index in [0.717, 1.165) is 23.6 Å². The number of benzene rings is 2. The summed E-state index contributed by atoms with van der Waals surface area (Å²) in [5.74, 6) is 0.864. The van der Waals surface area contributed by atoms with E-state index in [1.807, 2.05) is 0 Å². The van der Waals surface area contributed by atoms with Crippen LogP contribution < -0.4 is 9.62 Å². The lowest BCUT2D eigenvalue weighted by Gasteiger charge is -2.27. The minimum atomic E-state index is -3.97. The zero-order valence-electron chi connectivity index (χ0n) is 15.7. The molecule has 0 aliphatic heterocycles. The lowest BCUT2D eigenvalue weighted by Crippen LogP contribution is -2.46. The summed E-state index contributed by atoms with van der Waals surface area (Å²) in [5.41, 5.74) is 0.259. The van der Waals surface area contributed by atoms with E-state index in [1.54, 1.807) is 18.2 Å². The van der Waals surface area contributed by atoms with Crippen molar-refractivity contribution in [2.24, 2.45) is 11.8 Å². The first-order valence-corrected chi connectivity index (χ1v) is 11.9. The molecule has 154 valence electrons. The molecule has 1 N–H and O–H groups in total. The molecule has 4 rings (SSSR count). The third-order valence-corrected chi connectivity index (χ3v) is 8.06. The molecule has 2 bridgehead atoms. The van der Waals surface area contributed by atoms with Gasteiger partial charge in [0.2, 0.25) is 5.91 Å². The Morgan fingerprint density at radius 1 is 1.03 bits per heavy atom. The highest BCUT2D eigenvalue weighted by Gasteiger charge is 2.40. The summed E-state index contributed by atoms with van der Waals surface area (Å²) in [6.07, 6.45) is 4.49. The van der Waals surface area contributed by atoms with Gasteiger partial charge in [-0.1, -0.05) is 47.8 Å². The molecule has 29 heavy (non-hydrogen) atoms. The quantitative estimate of drug-likeness (QED) is 0.701. The van der Waals surface area contributed by atoms with E-state index in [2.05, 4.69) is 5.32 Å². The van der Waals surface area contributed by atoms with E-state index in [9.17, 15) is 13.2 Å². The van der Waals surface area contributed by atoms with Gasteiger partial charge in [-0.05, 0) is 61.4 Å². The third kappa shape index (κ3) is 4.39. The highest BCUT2D eigenvalue weighted by molar-refractivity contribution is 7.92. The summed E-state index contributed by atoms with van der Waals surface area (Å²) in [6.45, 7) is -0.332.